The molecule has 0 aromatic heterocycles. The molecule has 0 bridgehead atoms. The van der Waals surface area contributed by atoms with E-state index in [1.165, 1.54) is 0 Å². The lowest BCUT2D eigenvalue weighted by Crippen LogP contribution is -2.35. The van der Waals surface area contributed by atoms with E-state index >= 15 is 0 Å². The number of hydrogen-bond acceptors (Lipinski definition) is 3. The van der Waals surface area contributed by atoms with Gasteiger partial charge in [0, 0.05) is 0 Å². The summed E-state index contributed by atoms with van der Waals surface area (Å²) >= 11 is 0. The molecule has 0 radical (unpaired) electrons. The van der Waals surface area contributed by atoms with Crippen LogP contribution in [0.25, 0.3) is 0 Å². The van der Waals surface area contributed by atoms with Gasteiger partial charge >= 0.3 is 11.9 Å². The number of nitrogens with zero attached hydrogens (tertiary/aromatic N) is 1. The van der Waals surface area contributed by atoms with Crippen LogP contribution in [0.15, 0.2) is 30.3 Å². The zero-order valence-corrected chi connectivity index (χ0v) is 7.96. The molecule has 80 valence electrons. The monoisotopic (exact) mass is 209 g/mol. The van der Waals surface area contributed by atoms with Gasteiger partial charge < -0.3 is 5.11 Å². The van der Waals surface area contributed by atoms with Crippen molar-refractivity contribution in [2.75, 3.05) is 6.54 Å². The Labute approximate surface area is 86.5 Å². The van der Waals surface area contributed by atoms with Crippen LogP contribution in [-0.2, 0) is 16.0 Å². The number of aliphatic carboxylic acids is 1. The lowest BCUT2D eigenvalue weighted by molar-refractivity contribution is -0.177. The predicted molar refractivity (Wildman–Crippen MR) is 51.3 cm³/mol. The van der Waals surface area contributed by atoms with Crippen molar-refractivity contribution in [1.82, 2.24) is 5.06 Å². The maximum absolute atomic E-state index is 10.7. The average Bonchev–Trinajstić information content (AvgIpc) is 2.26. The molecule has 5 nitrogen and oxygen atoms in total. The number of carboxylic acids is 1. The zero-order chi connectivity index (χ0) is 11.3. The molecule has 0 spiro atoms. The molecule has 1 aromatic carbocycles. The molecule has 1 rings (SSSR count). The Morgan fingerprint density at radius 3 is 2.33 bits per heavy atom. The first-order valence-electron chi connectivity index (χ1n) is 4.39. The lowest BCUT2D eigenvalue weighted by atomic mass is 10.1. The summed E-state index contributed by atoms with van der Waals surface area (Å²) in [6, 6.07) is 9.17. The summed E-state index contributed by atoms with van der Waals surface area (Å²) in [5, 5.41) is 17.6. The van der Waals surface area contributed by atoms with Gasteiger partial charge in [-0.1, -0.05) is 30.3 Å². The van der Waals surface area contributed by atoms with Crippen LogP contribution in [0.3, 0.4) is 0 Å². The van der Waals surface area contributed by atoms with E-state index in [-0.39, 0.29) is 11.6 Å². The molecule has 5 heteroatoms. The Morgan fingerprint density at radius 2 is 1.80 bits per heavy atom. The Morgan fingerprint density at radius 1 is 1.20 bits per heavy atom. The number of rotatable bonds is 3. The first-order chi connectivity index (χ1) is 7.11. The van der Waals surface area contributed by atoms with Gasteiger partial charge in [-0.25, -0.2) is 9.86 Å². The van der Waals surface area contributed by atoms with Gasteiger partial charge in [0.15, 0.2) is 0 Å². The number of benzene rings is 1. The highest BCUT2D eigenvalue weighted by atomic mass is 16.5. The van der Waals surface area contributed by atoms with Crippen molar-refractivity contribution in [2.24, 2.45) is 0 Å². The number of hydroxylamine groups is 2. The summed E-state index contributed by atoms with van der Waals surface area (Å²) in [6.45, 7) is -0.0326. The van der Waals surface area contributed by atoms with Gasteiger partial charge in [-0.2, -0.15) is 0 Å². The molecule has 1 amide bonds. The third-order valence-corrected chi connectivity index (χ3v) is 1.87. The highest BCUT2D eigenvalue weighted by Gasteiger charge is 2.18. The number of amides is 1. The van der Waals surface area contributed by atoms with E-state index < -0.39 is 11.9 Å². The van der Waals surface area contributed by atoms with E-state index in [4.69, 9.17) is 10.3 Å². The van der Waals surface area contributed by atoms with Crippen LogP contribution in [0.1, 0.15) is 5.56 Å². The van der Waals surface area contributed by atoms with Crippen LogP contribution in [0, 0.1) is 0 Å². The molecule has 0 atom stereocenters. The van der Waals surface area contributed by atoms with Gasteiger partial charge in [0.25, 0.3) is 0 Å². The summed E-state index contributed by atoms with van der Waals surface area (Å²) in [7, 11) is 0. The third-order valence-electron chi connectivity index (χ3n) is 1.87. The van der Waals surface area contributed by atoms with Gasteiger partial charge in [-0.3, -0.25) is 10.0 Å². The van der Waals surface area contributed by atoms with E-state index in [0.717, 1.165) is 5.56 Å². The standard InChI is InChI=1S/C10H11NO4/c12-9(10(13)14)11(15)7-6-8-4-2-1-3-5-8/h1-5,15H,6-7H2,(H,13,14). The van der Waals surface area contributed by atoms with E-state index in [1.807, 2.05) is 30.3 Å². The SMILES string of the molecule is O=C(O)C(=O)N(O)CCc1ccccc1. The van der Waals surface area contributed by atoms with Crippen molar-refractivity contribution >= 4 is 11.9 Å². The van der Waals surface area contributed by atoms with Gasteiger partial charge in [0.05, 0.1) is 6.54 Å². The smallest absolute Gasteiger partial charge is 0.396 e. The maximum atomic E-state index is 10.7. The molecule has 0 saturated carbocycles. The minimum Gasteiger partial charge on any atom is -0.474 e. The summed E-state index contributed by atoms with van der Waals surface area (Å²) in [5.41, 5.74) is 0.926. The second kappa shape index (κ2) is 5.11. The quantitative estimate of drug-likeness (QED) is 0.432. The van der Waals surface area contributed by atoms with Crippen LogP contribution in [-0.4, -0.2) is 33.8 Å². The topological polar surface area (TPSA) is 77.8 Å². The average molecular weight is 209 g/mol. The Hall–Kier alpha value is -1.88. The van der Waals surface area contributed by atoms with E-state index in [9.17, 15) is 9.59 Å². The Balaban J connectivity index is 2.44. The molecule has 0 saturated heterocycles. The predicted octanol–water partition coefficient (Wildman–Crippen LogP) is 0.531. The molecular weight excluding hydrogens is 198 g/mol. The number of carbonyl (C=O) groups excluding carboxylic acids is 1. The second-order valence-corrected chi connectivity index (χ2v) is 2.97. The fourth-order valence-corrected chi connectivity index (χ4v) is 1.09. The van der Waals surface area contributed by atoms with Crippen molar-refractivity contribution in [3.05, 3.63) is 35.9 Å². The van der Waals surface area contributed by atoms with E-state index in [0.29, 0.717) is 6.42 Å². The minimum atomic E-state index is -1.66. The van der Waals surface area contributed by atoms with Crippen molar-refractivity contribution in [3.63, 3.8) is 0 Å². The highest BCUT2D eigenvalue weighted by molar-refractivity contribution is 6.31. The van der Waals surface area contributed by atoms with Crippen molar-refractivity contribution < 1.29 is 19.9 Å². The van der Waals surface area contributed by atoms with Crippen molar-refractivity contribution in [2.45, 2.75) is 6.42 Å². The number of carboxylic acid groups (broad SMARTS) is 1. The van der Waals surface area contributed by atoms with Crippen LogP contribution >= 0.6 is 0 Å². The molecule has 0 heterocycles. The Bertz CT molecular complexity index is 350. The summed E-state index contributed by atoms with van der Waals surface area (Å²) < 4.78 is 0. The fourth-order valence-electron chi connectivity index (χ4n) is 1.09. The molecule has 0 aliphatic rings. The largest absolute Gasteiger partial charge is 0.474 e. The summed E-state index contributed by atoms with van der Waals surface area (Å²) in [5.74, 6) is -2.98. The van der Waals surface area contributed by atoms with Crippen LogP contribution in [0.4, 0.5) is 0 Å². The van der Waals surface area contributed by atoms with Gasteiger partial charge in [0.2, 0.25) is 0 Å². The molecule has 2 N–H and O–H groups in total. The summed E-state index contributed by atoms with van der Waals surface area (Å²) in [6.07, 6.45) is 0.413. The van der Waals surface area contributed by atoms with Crippen LogP contribution in [0.2, 0.25) is 0 Å². The van der Waals surface area contributed by atoms with Gasteiger partial charge in [-0.05, 0) is 12.0 Å². The Kier molecular flexibility index (Phi) is 3.82. The molecule has 1 aromatic rings. The van der Waals surface area contributed by atoms with Crippen LogP contribution in [0.5, 0.6) is 0 Å². The maximum Gasteiger partial charge on any atom is 0.396 e. The number of hydrogen-bond donors (Lipinski definition) is 2. The van der Waals surface area contributed by atoms with Gasteiger partial charge in [-0.15, -0.1) is 0 Å². The lowest BCUT2D eigenvalue weighted by Gasteiger charge is -2.11. The van der Waals surface area contributed by atoms with Crippen molar-refractivity contribution in [3.8, 4) is 0 Å². The van der Waals surface area contributed by atoms with Crippen LogP contribution < -0.4 is 0 Å². The normalized spacial score (nSPS) is 9.67. The molecule has 0 unspecified atom stereocenters. The first kappa shape index (κ1) is 11.2. The second-order valence-electron chi connectivity index (χ2n) is 2.97. The zero-order valence-electron chi connectivity index (χ0n) is 7.96. The van der Waals surface area contributed by atoms with E-state index in [1.54, 1.807) is 0 Å². The molecule has 0 aliphatic carbocycles. The number of carbonyl (C=O) groups is 2. The molecule has 0 aliphatic heterocycles. The third kappa shape index (κ3) is 3.40. The van der Waals surface area contributed by atoms with Gasteiger partial charge in [0.1, 0.15) is 0 Å². The fraction of sp³-hybridized carbons (Fsp3) is 0.200. The van der Waals surface area contributed by atoms with E-state index in [2.05, 4.69) is 0 Å². The molecule has 0 fully saturated rings. The highest BCUT2D eigenvalue weighted by Crippen LogP contribution is 2.00. The van der Waals surface area contributed by atoms with Crippen molar-refractivity contribution in [1.29, 1.82) is 0 Å². The first-order valence-corrected chi connectivity index (χ1v) is 4.39. The summed E-state index contributed by atoms with van der Waals surface area (Å²) in [4.78, 5) is 20.9. The molecular formula is C10H11NO4. The molecule has 15 heavy (non-hydrogen) atoms. The minimum absolute atomic E-state index is 0.0326.